The summed E-state index contributed by atoms with van der Waals surface area (Å²) >= 11 is 0. The number of rotatable bonds is 4. The Labute approximate surface area is 115 Å². The van der Waals surface area contributed by atoms with Gasteiger partial charge in [0.05, 0.1) is 17.7 Å². The Kier molecular flexibility index (Phi) is 4.06. The molecule has 1 aromatic carbocycles. The fraction of sp³-hybridized carbons (Fsp3) is 0.0833. The molecule has 2 aromatic rings. The van der Waals surface area contributed by atoms with Gasteiger partial charge in [0.1, 0.15) is 5.76 Å². The van der Waals surface area contributed by atoms with Crippen molar-refractivity contribution in [3.63, 3.8) is 0 Å². The molecule has 4 N–H and O–H groups in total. The molecular weight excluding hydrogens is 282 g/mol. The predicted octanol–water partition coefficient (Wildman–Crippen LogP) is 1.25. The molecule has 0 spiro atoms. The van der Waals surface area contributed by atoms with E-state index in [1.165, 1.54) is 30.5 Å². The molecule has 0 aliphatic heterocycles. The first kappa shape index (κ1) is 14.1. The maximum atomic E-state index is 11.6. The van der Waals surface area contributed by atoms with Crippen LogP contribution in [0.3, 0.4) is 0 Å². The Morgan fingerprint density at radius 1 is 1.20 bits per heavy atom. The molecule has 0 fully saturated rings. The number of furan rings is 1. The van der Waals surface area contributed by atoms with Gasteiger partial charge in [-0.25, -0.2) is 18.4 Å². The van der Waals surface area contributed by atoms with Crippen LogP contribution in [-0.2, 0) is 16.6 Å². The summed E-state index contributed by atoms with van der Waals surface area (Å²) in [5.41, 5.74) is 0.453. The Bertz CT molecular complexity index is 678. The topological polar surface area (TPSA) is 114 Å². The van der Waals surface area contributed by atoms with Crippen molar-refractivity contribution in [2.45, 2.75) is 11.4 Å². The molecule has 106 valence electrons. The van der Waals surface area contributed by atoms with Crippen LogP contribution < -0.4 is 15.8 Å². The number of carbonyl (C=O) groups excluding carboxylic acids is 1. The van der Waals surface area contributed by atoms with E-state index in [0.29, 0.717) is 11.4 Å². The van der Waals surface area contributed by atoms with Crippen LogP contribution in [0.25, 0.3) is 0 Å². The molecule has 1 heterocycles. The standard InChI is InChI=1S/C12H13N3O4S/c13-20(17,18)11-5-3-9(4-6-11)15-12(16)14-8-10-2-1-7-19-10/h1-7H,8H2,(H2,13,17,18)(H2,14,15,16). The van der Waals surface area contributed by atoms with Gasteiger partial charge in [0, 0.05) is 5.69 Å². The first-order valence-electron chi connectivity index (χ1n) is 5.65. The number of nitrogens with one attached hydrogen (secondary N) is 2. The fourth-order valence-corrected chi connectivity index (χ4v) is 2.00. The van der Waals surface area contributed by atoms with Crippen molar-refractivity contribution in [1.82, 2.24) is 5.32 Å². The summed E-state index contributed by atoms with van der Waals surface area (Å²) in [5.74, 6) is 0.629. The average Bonchev–Trinajstić information content (AvgIpc) is 2.89. The minimum absolute atomic E-state index is 0.0148. The Morgan fingerprint density at radius 2 is 1.90 bits per heavy atom. The average molecular weight is 295 g/mol. The first-order chi connectivity index (χ1) is 9.45. The van der Waals surface area contributed by atoms with Crippen LogP contribution in [-0.4, -0.2) is 14.4 Å². The molecule has 0 unspecified atom stereocenters. The van der Waals surface area contributed by atoms with Crippen molar-refractivity contribution in [3.8, 4) is 0 Å². The number of nitrogens with two attached hydrogens (primary N) is 1. The molecule has 7 nitrogen and oxygen atoms in total. The SMILES string of the molecule is NS(=O)(=O)c1ccc(NC(=O)NCc2ccco2)cc1. The monoisotopic (exact) mass is 295 g/mol. The lowest BCUT2D eigenvalue weighted by Crippen LogP contribution is -2.28. The number of primary sulfonamides is 1. The third-order valence-corrected chi connectivity index (χ3v) is 3.37. The fourth-order valence-electron chi connectivity index (χ4n) is 1.48. The molecule has 1 aromatic heterocycles. The molecule has 2 amide bonds. The van der Waals surface area contributed by atoms with Crippen LogP contribution in [0.2, 0.25) is 0 Å². The summed E-state index contributed by atoms with van der Waals surface area (Å²) in [7, 11) is -3.73. The molecule has 0 aliphatic carbocycles. The highest BCUT2D eigenvalue weighted by Crippen LogP contribution is 2.12. The molecule has 0 atom stereocenters. The smallest absolute Gasteiger partial charge is 0.319 e. The van der Waals surface area contributed by atoms with Gasteiger partial charge in [-0.05, 0) is 36.4 Å². The zero-order valence-corrected chi connectivity index (χ0v) is 11.2. The third-order valence-electron chi connectivity index (χ3n) is 2.44. The molecule has 0 saturated heterocycles. The largest absolute Gasteiger partial charge is 0.467 e. The van der Waals surface area contributed by atoms with E-state index >= 15 is 0 Å². The van der Waals surface area contributed by atoms with E-state index in [1.807, 2.05) is 0 Å². The summed E-state index contributed by atoms with van der Waals surface area (Å²) in [6.45, 7) is 0.258. The van der Waals surface area contributed by atoms with Crippen LogP contribution in [0, 0.1) is 0 Å². The van der Waals surface area contributed by atoms with Crippen LogP contribution in [0.4, 0.5) is 10.5 Å². The number of hydrogen-bond donors (Lipinski definition) is 3. The quantitative estimate of drug-likeness (QED) is 0.787. The van der Waals surface area contributed by atoms with E-state index in [-0.39, 0.29) is 11.4 Å². The van der Waals surface area contributed by atoms with E-state index in [2.05, 4.69) is 10.6 Å². The minimum atomic E-state index is -3.73. The molecule has 8 heteroatoms. The molecule has 0 radical (unpaired) electrons. The lowest BCUT2D eigenvalue weighted by atomic mass is 10.3. The minimum Gasteiger partial charge on any atom is -0.467 e. The van der Waals surface area contributed by atoms with Gasteiger partial charge >= 0.3 is 6.03 Å². The van der Waals surface area contributed by atoms with Gasteiger partial charge in [0.2, 0.25) is 10.0 Å². The predicted molar refractivity (Wildman–Crippen MR) is 72.4 cm³/mol. The van der Waals surface area contributed by atoms with Gasteiger partial charge in [-0.3, -0.25) is 0 Å². The number of amides is 2. The summed E-state index contributed by atoms with van der Waals surface area (Å²) in [4.78, 5) is 11.6. The zero-order valence-electron chi connectivity index (χ0n) is 10.4. The molecule has 0 bridgehead atoms. The van der Waals surface area contributed by atoms with E-state index in [1.54, 1.807) is 12.1 Å². The Balaban J connectivity index is 1.91. The van der Waals surface area contributed by atoms with Crippen LogP contribution >= 0.6 is 0 Å². The number of urea groups is 1. The van der Waals surface area contributed by atoms with Crippen molar-refractivity contribution in [2.75, 3.05) is 5.32 Å². The maximum absolute atomic E-state index is 11.6. The second-order valence-corrected chi connectivity index (χ2v) is 5.52. The second kappa shape index (κ2) is 5.76. The number of carbonyl (C=O) groups is 1. The van der Waals surface area contributed by atoms with Crippen molar-refractivity contribution < 1.29 is 17.6 Å². The van der Waals surface area contributed by atoms with Crippen LogP contribution in [0.1, 0.15) is 5.76 Å². The Morgan fingerprint density at radius 3 is 2.45 bits per heavy atom. The highest BCUT2D eigenvalue weighted by Gasteiger charge is 2.08. The summed E-state index contributed by atoms with van der Waals surface area (Å²) < 4.78 is 27.2. The number of sulfonamides is 1. The molecule has 0 aliphatic rings. The third kappa shape index (κ3) is 3.84. The van der Waals surface area contributed by atoms with E-state index in [0.717, 1.165) is 0 Å². The van der Waals surface area contributed by atoms with E-state index in [9.17, 15) is 13.2 Å². The second-order valence-electron chi connectivity index (χ2n) is 3.96. The van der Waals surface area contributed by atoms with E-state index in [4.69, 9.17) is 9.56 Å². The van der Waals surface area contributed by atoms with Crippen molar-refractivity contribution in [3.05, 3.63) is 48.4 Å². The highest BCUT2D eigenvalue weighted by atomic mass is 32.2. The first-order valence-corrected chi connectivity index (χ1v) is 7.20. The van der Waals surface area contributed by atoms with Crippen molar-refractivity contribution in [2.24, 2.45) is 5.14 Å². The summed E-state index contributed by atoms with van der Waals surface area (Å²) in [6.07, 6.45) is 1.51. The van der Waals surface area contributed by atoms with Crippen molar-refractivity contribution >= 4 is 21.7 Å². The molecule has 20 heavy (non-hydrogen) atoms. The van der Waals surface area contributed by atoms with Crippen LogP contribution in [0.15, 0.2) is 52.0 Å². The van der Waals surface area contributed by atoms with Gasteiger partial charge in [-0.2, -0.15) is 0 Å². The van der Waals surface area contributed by atoms with E-state index < -0.39 is 16.1 Å². The summed E-state index contributed by atoms with van der Waals surface area (Å²) in [6, 6.07) is 8.57. The molecule has 0 saturated carbocycles. The highest BCUT2D eigenvalue weighted by molar-refractivity contribution is 7.89. The van der Waals surface area contributed by atoms with Crippen molar-refractivity contribution in [1.29, 1.82) is 0 Å². The van der Waals surface area contributed by atoms with Gasteiger partial charge in [-0.15, -0.1) is 0 Å². The molecule has 2 rings (SSSR count). The lowest BCUT2D eigenvalue weighted by molar-refractivity contribution is 0.251. The van der Waals surface area contributed by atoms with Gasteiger partial charge in [0.15, 0.2) is 0 Å². The lowest BCUT2D eigenvalue weighted by Gasteiger charge is -2.07. The summed E-state index contributed by atoms with van der Waals surface area (Å²) in [5, 5.41) is 10.1. The number of hydrogen-bond acceptors (Lipinski definition) is 4. The van der Waals surface area contributed by atoms with Crippen LogP contribution in [0.5, 0.6) is 0 Å². The zero-order chi connectivity index (χ0) is 14.6. The normalized spacial score (nSPS) is 11.1. The molecular formula is C12H13N3O4S. The van der Waals surface area contributed by atoms with Gasteiger partial charge in [0.25, 0.3) is 0 Å². The van der Waals surface area contributed by atoms with Gasteiger partial charge in [-0.1, -0.05) is 0 Å². The number of anilines is 1. The Hall–Kier alpha value is -2.32. The maximum Gasteiger partial charge on any atom is 0.319 e. The number of benzene rings is 1. The van der Waals surface area contributed by atoms with Gasteiger partial charge < -0.3 is 15.1 Å².